The molecule has 0 atom stereocenters. The van der Waals surface area contributed by atoms with E-state index in [0.717, 1.165) is 23.6 Å². The minimum atomic E-state index is -3.44. The lowest BCUT2D eigenvalue weighted by molar-refractivity contribution is 0.595. The van der Waals surface area contributed by atoms with Crippen molar-refractivity contribution in [2.45, 2.75) is 11.8 Å². The maximum absolute atomic E-state index is 14.4. The number of hydrogen-bond donors (Lipinski definition) is 0. The van der Waals surface area contributed by atoms with Crippen LogP contribution >= 0.6 is 0 Å². The van der Waals surface area contributed by atoms with Crippen LogP contribution < -0.4 is 4.90 Å². The highest BCUT2D eigenvalue weighted by Crippen LogP contribution is 2.23. The first-order valence-electron chi connectivity index (χ1n) is 7.24. The molecule has 2 heterocycles. The number of halogens is 1. The highest BCUT2D eigenvalue weighted by atomic mass is 32.2. The number of aromatic nitrogens is 2. The number of benzene rings is 1. The monoisotopic (exact) mass is 348 g/mol. The lowest BCUT2D eigenvalue weighted by atomic mass is 10.0. The van der Waals surface area contributed by atoms with Gasteiger partial charge in [0.2, 0.25) is 0 Å². The molecule has 0 saturated heterocycles. The fourth-order valence-electron chi connectivity index (χ4n) is 2.54. The van der Waals surface area contributed by atoms with Crippen LogP contribution in [0.4, 0.5) is 10.1 Å². The molecule has 0 bridgehead atoms. The van der Waals surface area contributed by atoms with Crippen LogP contribution in [0.3, 0.4) is 0 Å². The van der Waals surface area contributed by atoms with Gasteiger partial charge in [0.15, 0.2) is 9.84 Å². The number of aryl methyl sites for hydroxylation is 1. The van der Waals surface area contributed by atoms with Crippen LogP contribution in [0.1, 0.15) is 12.5 Å². The van der Waals surface area contributed by atoms with Gasteiger partial charge in [-0.3, -0.25) is 9.67 Å². The summed E-state index contributed by atoms with van der Waals surface area (Å²) in [6, 6.07) is 3.90. The summed E-state index contributed by atoms with van der Waals surface area (Å²) in [6.45, 7) is 2.18. The molecule has 6 nitrogen and oxygen atoms in total. The number of nitrogens with zero attached hydrogens (tertiary/aromatic N) is 4. The summed E-state index contributed by atoms with van der Waals surface area (Å²) in [7, 11) is -1.61. The number of allylic oxidation sites excluding steroid dienone is 1. The van der Waals surface area contributed by atoms with Crippen molar-refractivity contribution in [3.63, 3.8) is 0 Å². The zero-order valence-corrected chi connectivity index (χ0v) is 14.4. The number of hydrogen-bond acceptors (Lipinski definition) is 5. The van der Waals surface area contributed by atoms with E-state index >= 15 is 0 Å². The largest absolute Gasteiger partial charge is 0.325 e. The summed E-state index contributed by atoms with van der Waals surface area (Å²) in [5.41, 5.74) is 2.50. The molecule has 1 aromatic carbocycles. The van der Waals surface area contributed by atoms with Gasteiger partial charge < -0.3 is 4.90 Å². The van der Waals surface area contributed by atoms with Gasteiger partial charge in [-0.2, -0.15) is 5.10 Å². The van der Waals surface area contributed by atoms with Crippen molar-refractivity contribution in [3.8, 4) is 0 Å². The van der Waals surface area contributed by atoms with E-state index in [1.54, 1.807) is 10.9 Å². The van der Waals surface area contributed by atoms with E-state index in [4.69, 9.17) is 0 Å². The van der Waals surface area contributed by atoms with Crippen molar-refractivity contribution in [1.29, 1.82) is 0 Å². The highest BCUT2D eigenvalue weighted by molar-refractivity contribution is 7.90. The van der Waals surface area contributed by atoms with Gasteiger partial charge in [-0.05, 0) is 30.7 Å². The summed E-state index contributed by atoms with van der Waals surface area (Å²) >= 11 is 0. The number of rotatable bonds is 3. The smallest absolute Gasteiger partial charge is 0.175 e. The third-order valence-corrected chi connectivity index (χ3v) is 4.86. The maximum Gasteiger partial charge on any atom is 0.175 e. The van der Waals surface area contributed by atoms with Crippen molar-refractivity contribution in [2.24, 2.45) is 12.0 Å². The van der Waals surface area contributed by atoms with Crippen molar-refractivity contribution in [3.05, 3.63) is 53.7 Å². The molecule has 0 aliphatic carbocycles. The highest BCUT2D eigenvalue weighted by Gasteiger charge is 2.19. The Labute approximate surface area is 139 Å². The van der Waals surface area contributed by atoms with Crippen LogP contribution in [0.2, 0.25) is 0 Å². The van der Waals surface area contributed by atoms with Crippen molar-refractivity contribution in [1.82, 2.24) is 9.78 Å². The molecule has 8 heteroatoms. The van der Waals surface area contributed by atoms with Crippen molar-refractivity contribution < 1.29 is 12.8 Å². The predicted molar refractivity (Wildman–Crippen MR) is 90.4 cm³/mol. The van der Waals surface area contributed by atoms with Crippen LogP contribution in [0.25, 0.3) is 0 Å². The topological polar surface area (TPSA) is 67.6 Å². The summed E-state index contributed by atoms with van der Waals surface area (Å²) < 4.78 is 39.1. The molecule has 1 aliphatic rings. The average molecular weight is 348 g/mol. The Balaban J connectivity index is 1.92. The van der Waals surface area contributed by atoms with Gasteiger partial charge in [-0.25, -0.2) is 12.8 Å². The van der Waals surface area contributed by atoms with E-state index in [0.29, 0.717) is 17.9 Å². The van der Waals surface area contributed by atoms with Gasteiger partial charge in [-0.1, -0.05) is 0 Å². The van der Waals surface area contributed by atoms with E-state index < -0.39 is 15.7 Å². The fraction of sp³-hybridized carbons (Fsp3) is 0.250. The molecule has 1 aliphatic heterocycles. The Kier molecular flexibility index (Phi) is 4.00. The Morgan fingerprint density at radius 1 is 1.29 bits per heavy atom. The zero-order chi connectivity index (χ0) is 17.5. The van der Waals surface area contributed by atoms with E-state index in [-0.39, 0.29) is 4.90 Å². The number of anilines is 1. The fourth-order valence-corrected chi connectivity index (χ4v) is 3.17. The van der Waals surface area contributed by atoms with Crippen LogP contribution in [-0.2, 0) is 16.9 Å². The first-order valence-corrected chi connectivity index (χ1v) is 9.13. The summed E-state index contributed by atoms with van der Waals surface area (Å²) in [4.78, 5) is 6.32. The minimum Gasteiger partial charge on any atom is -0.325 e. The Hall–Kier alpha value is -2.48. The molecule has 0 spiro atoms. The zero-order valence-electron chi connectivity index (χ0n) is 13.6. The summed E-state index contributed by atoms with van der Waals surface area (Å²) in [6.07, 6.45) is 6.53. The molecule has 0 N–H and O–H groups in total. The van der Waals surface area contributed by atoms with Gasteiger partial charge in [0, 0.05) is 31.3 Å². The minimum absolute atomic E-state index is 0.0428. The van der Waals surface area contributed by atoms with Crippen LogP contribution in [0.5, 0.6) is 0 Å². The van der Waals surface area contributed by atoms with E-state index in [9.17, 15) is 12.8 Å². The van der Waals surface area contributed by atoms with E-state index in [1.165, 1.54) is 12.1 Å². The lowest BCUT2D eigenvalue weighted by Gasteiger charge is -2.23. The van der Waals surface area contributed by atoms with Crippen molar-refractivity contribution in [2.75, 3.05) is 17.8 Å². The second kappa shape index (κ2) is 5.86. The lowest BCUT2D eigenvalue weighted by Crippen LogP contribution is -2.24. The third-order valence-electron chi connectivity index (χ3n) is 3.75. The molecule has 0 amide bonds. The Morgan fingerprint density at radius 2 is 2.04 bits per heavy atom. The van der Waals surface area contributed by atoms with Crippen LogP contribution in [0, 0.1) is 5.82 Å². The summed E-state index contributed by atoms with van der Waals surface area (Å²) in [5.74, 6) is -0.598. The first kappa shape index (κ1) is 16.4. The van der Waals surface area contributed by atoms with E-state index in [1.807, 2.05) is 31.3 Å². The van der Waals surface area contributed by atoms with Gasteiger partial charge in [-0.15, -0.1) is 0 Å². The molecule has 24 heavy (non-hydrogen) atoms. The molecule has 1 aromatic heterocycles. The number of sulfone groups is 1. The van der Waals surface area contributed by atoms with Crippen molar-refractivity contribution >= 4 is 21.2 Å². The van der Waals surface area contributed by atoms with Gasteiger partial charge in [0.1, 0.15) is 12.5 Å². The normalized spacial score (nSPS) is 15.2. The number of aliphatic imine (C=N–C) groups is 1. The standard InChI is InChI=1S/C16H17FN4O2S/c1-11-8-21(12-7-19-20(2)9-12)10-18-16(11)14-5-4-13(6-15(14)17)24(3,22)23/h4-9H,10H2,1-3H3. The second-order valence-corrected chi connectivity index (χ2v) is 7.73. The SMILES string of the molecule is CC1=CN(c2cnn(C)c2)CN=C1c1ccc(S(C)(=O)=O)cc1F. The molecule has 2 aromatic rings. The molecule has 0 unspecified atom stereocenters. The molecular formula is C16H17FN4O2S. The maximum atomic E-state index is 14.4. The summed E-state index contributed by atoms with van der Waals surface area (Å²) in [5, 5.41) is 4.12. The van der Waals surface area contributed by atoms with Gasteiger partial charge in [0.05, 0.1) is 22.5 Å². The predicted octanol–water partition coefficient (Wildman–Crippen LogP) is 2.13. The second-order valence-electron chi connectivity index (χ2n) is 5.72. The average Bonchev–Trinajstić information content (AvgIpc) is 2.93. The molecule has 0 saturated carbocycles. The van der Waals surface area contributed by atoms with Gasteiger partial charge in [0.25, 0.3) is 0 Å². The Bertz CT molecular complexity index is 960. The molecule has 3 rings (SSSR count). The first-order chi connectivity index (χ1) is 11.3. The van der Waals surface area contributed by atoms with Gasteiger partial charge >= 0.3 is 0 Å². The quantitative estimate of drug-likeness (QED) is 0.852. The molecule has 0 fully saturated rings. The molecule has 0 radical (unpaired) electrons. The third kappa shape index (κ3) is 3.09. The van der Waals surface area contributed by atoms with E-state index in [2.05, 4.69) is 10.1 Å². The van der Waals surface area contributed by atoms with Crippen LogP contribution in [0.15, 0.2) is 52.3 Å². The Morgan fingerprint density at radius 3 is 2.58 bits per heavy atom. The molecule has 126 valence electrons. The molecular weight excluding hydrogens is 331 g/mol. The van der Waals surface area contributed by atoms with Crippen LogP contribution in [-0.4, -0.2) is 36.8 Å².